The molecule has 2 aromatic rings. The molecule has 0 aromatic carbocycles. The molecule has 0 radical (unpaired) electrons. The van der Waals surface area contributed by atoms with Gasteiger partial charge in [0.25, 0.3) is 5.91 Å². The number of aromatic nitrogens is 3. The molecule has 0 bridgehead atoms. The number of carboxylic acid groups (broad SMARTS) is 1. The molecular weight excluding hydrogens is 304 g/mol. The van der Waals surface area contributed by atoms with E-state index in [9.17, 15) is 9.59 Å². The van der Waals surface area contributed by atoms with Crippen molar-refractivity contribution in [3.05, 3.63) is 23.5 Å². The number of thiazole rings is 1. The maximum atomic E-state index is 12.0. The van der Waals surface area contributed by atoms with Gasteiger partial charge in [0.1, 0.15) is 10.7 Å². The van der Waals surface area contributed by atoms with Gasteiger partial charge in [-0.2, -0.15) is 5.10 Å². The van der Waals surface area contributed by atoms with Gasteiger partial charge in [0.05, 0.1) is 11.6 Å². The van der Waals surface area contributed by atoms with Crippen LogP contribution in [-0.2, 0) is 11.8 Å². The van der Waals surface area contributed by atoms with Crippen LogP contribution in [0.15, 0.2) is 17.8 Å². The highest BCUT2D eigenvalue weighted by Gasteiger charge is 2.26. The van der Waals surface area contributed by atoms with Crippen molar-refractivity contribution in [1.82, 2.24) is 20.1 Å². The molecule has 0 atom stereocenters. The second-order valence-corrected chi connectivity index (χ2v) is 6.49. The van der Waals surface area contributed by atoms with Crippen LogP contribution in [-0.4, -0.2) is 38.3 Å². The summed E-state index contributed by atoms with van der Waals surface area (Å²) >= 11 is 1.37. The summed E-state index contributed by atoms with van der Waals surface area (Å²) in [7, 11) is 1.81. The van der Waals surface area contributed by atoms with Crippen molar-refractivity contribution in [3.8, 4) is 10.6 Å². The highest BCUT2D eigenvalue weighted by atomic mass is 32.1. The number of amides is 1. The van der Waals surface area contributed by atoms with Gasteiger partial charge >= 0.3 is 5.97 Å². The fraction of sp³-hybridized carbons (Fsp3) is 0.429. The minimum Gasteiger partial charge on any atom is -0.481 e. The third-order valence-corrected chi connectivity index (χ3v) is 4.19. The summed E-state index contributed by atoms with van der Waals surface area (Å²) in [6, 6.07) is 0. The summed E-state index contributed by atoms with van der Waals surface area (Å²) < 4.78 is 1.67. The molecule has 7 nitrogen and oxygen atoms in total. The fourth-order valence-electron chi connectivity index (χ4n) is 1.73. The second-order valence-electron chi connectivity index (χ2n) is 5.64. The highest BCUT2D eigenvalue weighted by Crippen LogP contribution is 2.23. The largest absolute Gasteiger partial charge is 0.481 e. The van der Waals surface area contributed by atoms with E-state index >= 15 is 0 Å². The van der Waals surface area contributed by atoms with E-state index < -0.39 is 11.4 Å². The summed E-state index contributed by atoms with van der Waals surface area (Å²) in [4.78, 5) is 27.3. The molecule has 0 fully saturated rings. The van der Waals surface area contributed by atoms with Gasteiger partial charge in [-0.1, -0.05) is 0 Å². The van der Waals surface area contributed by atoms with Crippen LogP contribution >= 0.6 is 11.3 Å². The van der Waals surface area contributed by atoms with Crippen LogP contribution in [0.3, 0.4) is 0 Å². The summed E-state index contributed by atoms with van der Waals surface area (Å²) in [5.74, 6) is -1.18. The molecule has 0 saturated heterocycles. The molecule has 0 aliphatic carbocycles. The fourth-order valence-corrected chi connectivity index (χ4v) is 2.50. The summed E-state index contributed by atoms with van der Waals surface area (Å²) in [6.45, 7) is 3.55. The van der Waals surface area contributed by atoms with Crippen LogP contribution in [0, 0.1) is 5.41 Å². The van der Waals surface area contributed by atoms with E-state index in [0.717, 1.165) is 10.6 Å². The lowest BCUT2D eigenvalue weighted by molar-refractivity contribution is -0.147. The zero-order valence-corrected chi connectivity index (χ0v) is 13.5. The van der Waals surface area contributed by atoms with Crippen LogP contribution in [0.25, 0.3) is 10.6 Å². The van der Waals surface area contributed by atoms with Gasteiger partial charge in [0.15, 0.2) is 0 Å². The van der Waals surface area contributed by atoms with Gasteiger partial charge in [-0.05, 0) is 20.3 Å². The van der Waals surface area contributed by atoms with E-state index in [1.54, 1.807) is 30.1 Å². The summed E-state index contributed by atoms with van der Waals surface area (Å²) in [5, 5.41) is 18.2. The Hall–Kier alpha value is -2.22. The number of hydrogen-bond donors (Lipinski definition) is 2. The van der Waals surface area contributed by atoms with Crippen LogP contribution in [0.1, 0.15) is 30.8 Å². The van der Waals surface area contributed by atoms with E-state index in [4.69, 9.17) is 5.11 Å². The maximum absolute atomic E-state index is 12.0. The Labute approximate surface area is 132 Å². The quantitative estimate of drug-likeness (QED) is 0.845. The van der Waals surface area contributed by atoms with Crippen molar-refractivity contribution in [1.29, 1.82) is 0 Å². The number of nitrogens with one attached hydrogen (secondary N) is 1. The lowest BCUT2D eigenvalue weighted by Gasteiger charge is -2.18. The SMILES string of the molecule is Cn1cc(-c2nc(C(=O)NCCC(C)(C)C(=O)O)cs2)cn1. The predicted octanol–water partition coefficient (Wildman–Crippen LogP) is 1.77. The normalized spacial score (nSPS) is 11.4. The molecule has 2 rings (SSSR count). The topological polar surface area (TPSA) is 97.1 Å². The van der Waals surface area contributed by atoms with Crippen molar-refractivity contribution >= 4 is 23.2 Å². The monoisotopic (exact) mass is 322 g/mol. The van der Waals surface area contributed by atoms with Crippen molar-refractivity contribution in [2.45, 2.75) is 20.3 Å². The first kappa shape index (κ1) is 16.2. The number of rotatable bonds is 6. The van der Waals surface area contributed by atoms with Gasteiger partial charge in [0.2, 0.25) is 0 Å². The maximum Gasteiger partial charge on any atom is 0.309 e. The highest BCUT2D eigenvalue weighted by molar-refractivity contribution is 7.13. The average molecular weight is 322 g/mol. The lowest BCUT2D eigenvalue weighted by atomic mass is 9.90. The number of aryl methyl sites for hydroxylation is 1. The lowest BCUT2D eigenvalue weighted by Crippen LogP contribution is -2.32. The smallest absolute Gasteiger partial charge is 0.309 e. The zero-order chi connectivity index (χ0) is 16.3. The molecule has 118 valence electrons. The third kappa shape index (κ3) is 3.70. The van der Waals surface area contributed by atoms with Gasteiger partial charge < -0.3 is 10.4 Å². The van der Waals surface area contributed by atoms with Gasteiger partial charge in [-0.3, -0.25) is 14.3 Å². The molecule has 2 N–H and O–H groups in total. The molecule has 1 amide bonds. The number of carboxylic acids is 1. The standard InChI is InChI=1S/C14H18N4O3S/c1-14(2,13(20)21)4-5-15-11(19)10-8-22-12(17-10)9-6-16-18(3)7-9/h6-8H,4-5H2,1-3H3,(H,15,19)(H,20,21). The van der Waals surface area contributed by atoms with Crippen molar-refractivity contribution < 1.29 is 14.7 Å². The molecule has 0 spiro atoms. The van der Waals surface area contributed by atoms with Crippen LogP contribution < -0.4 is 5.32 Å². The van der Waals surface area contributed by atoms with Crippen LogP contribution in [0.2, 0.25) is 0 Å². The van der Waals surface area contributed by atoms with Gasteiger partial charge in [-0.15, -0.1) is 11.3 Å². The summed E-state index contributed by atoms with van der Waals surface area (Å²) in [5.41, 5.74) is 0.325. The molecule has 22 heavy (non-hydrogen) atoms. The number of nitrogens with zero attached hydrogens (tertiary/aromatic N) is 3. The summed E-state index contributed by atoms with van der Waals surface area (Å²) in [6.07, 6.45) is 3.87. The minimum atomic E-state index is -0.880. The van der Waals surface area contributed by atoms with Crippen LogP contribution in [0.4, 0.5) is 0 Å². The number of carbonyl (C=O) groups excluding carboxylic acids is 1. The molecule has 0 aliphatic rings. The third-order valence-electron chi connectivity index (χ3n) is 3.30. The second kappa shape index (κ2) is 6.27. The Kier molecular flexibility index (Phi) is 4.60. The van der Waals surface area contributed by atoms with Crippen molar-refractivity contribution in [2.24, 2.45) is 12.5 Å². The molecule has 2 heterocycles. The average Bonchev–Trinajstić information content (AvgIpc) is 3.06. The molecule has 0 saturated carbocycles. The Morgan fingerprint density at radius 3 is 2.77 bits per heavy atom. The van der Waals surface area contributed by atoms with E-state index in [-0.39, 0.29) is 12.5 Å². The first-order valence-electron chi connectivity index (χ1n) is 6.76. The zero-order valence-electron chi connectivity index (χ0n) is 12.7. The number of hydrogen-bond acceptors (Lipinski definition) is 5. The van der Waals surface area contributed by atoms with Crippen molar-refractivity contribution in [2.75, 3.05) is 6.54 Å². The predicted molar refractivity (Wildman–Crippen MR) is 82.7 cm³/mol. The van der Waals surface area contributed by atoms with Crippen LogP contribution in [0.5, 0.6) is 0 Å². The minimum absolute atomic E-state index is 0.290. The Balaban J connectivity index is 1.94. The number of carbonyl (C=O) groups is 2. The molecule has 0 aliphatic heterocycles. The first-order valence-corrected chi connectivity index (χ1v) is 7.64. The van der Waals surface area contributed by atoms with E-state index in [1.807, 2.05) is 13.2 Å². The molecular formula is C14H18N4O3S. The molecule has 8 heteroatoms. The van der Waals surface area contributed by atoms with Gasteiger partial charge in [-0.25, -0.2) is 4.98 Å². The first-order chi connectivity index (χ1) is 10.3. The van der Waals surface area contributed by atoms with E-state index in [1.165, 1.54) is 11.3 Å². The molecule has 0 unspecified atom stereocenters. The molecule has 2 aromatic heterocycles. The Morgan fingerprint density at radius 2 is 2.18 bits per heavy atom. The van der Waals surface area contributed by atoms with E-state index in [2.05, 4.69) is 15.4 Å². The Bertz CT molecular complexity index is 690. The van der Waals surface area contributed by atoms with E-state index in [0.29, 0.717) is 12.1 Å². The van der Waals surface area contributed by atoms with Crippen molar-refractivity contribution in [3.63, 3.8) is 0 Å². The number of aliphatic carboxylic acids is 1. The van der Waals surface area contributed by atoms with Gasteiger partial charge in [0, 0.05) is 30.7 Å². The Morgan fingerprint density at radius 1 is 1.45 bits per heavy atom.